The van der Waals surface area contributed by atoms with Crippen LogP contribution in [0.15, 0.2) is 36.7 Å². The largest absolute Gasteiger partial charge is 0.350 e. The zero-order valence-corrected chi connectivity index (χ0v) is 27.7. The van der Waals surface area contributed by atoms with E-state index in [0.29, 0.717) is 40.6 Å². The Morgan fingerprint density at radius 3 is 1.67 bits per heavy atom. The number of aromatic nitrogens is 6. The Morgan fingerprint density at radius 1 is 0.771 bits per heavy atom. The maximum atomic E-state index is 13.8. The molecule has 0 radical (unpaired) electrons. The first-order valence-corrected chi connectivity index (χ1v) is 17.3. The SMILES string of the molecule is CC1(F)CN(c2ccc(CC(=O)Nc3nnc([C@H]4CCC[C@H](c5nnc(NC(=O)Cc6ccc(N7CC(F)(F)C7)nc6)s5)C4)s3)cn2)C1. The Morgan fingerprint density at radius 2 is 1.25 bits per heavy atom. The van der Waals surface area contributed by atoms with Crippen molar-refractivity contribution in [2.75, 3.05) is 46.6 Å². The number of nitrogens with one attached hydrogen (secondary N) is 2. The van der Waals surface area contributed by atoms with Gasteiger partial charge in [0.25, 0.3) is 5.92 Å². The van der Waals surface area contributed by atoms with Crippen LogP contribution in [0.25, 0.3) is 0 Å². The maximum absolute atomic E-state index is 13.8. The fraction of sp³-hybridized carbons (Fsp3) is 0.484. The molecule has 0 spiro atoms. The van der Waals surface area contributed by atoms with Gasteiger partial charge in [-0.05, 0) is 49.4 Å². The van der Waals surface area contributed by atoms with Crippen molar-refractivity contribution in [3.63, 3.8) is 0 Å². The van der Waals surface area contributed by atoms with E-state index in [1.54, 1.807) is 31.3 Å². The summed E-state index contributed by atoms with van der Waals surface area (Å²) < 4.78 is 40.1. The monoisotopic (exact) mass is 698 g/mol. The van der Waals surface area contributed by atoms with Gasteiger partial charge in [0.05, 0.1) is 39.0 Å². The van der Waals surface area contributed by atoms with Crippen molar-refractivity contribution < 1.29 is 22.8 Å². The molecular formula is C31H33F3N10O2S2. The van der Waals surface area contributed by atoms with Crippen molar-refractivity contribution in [3.8, 4) is 0 Å². The first-order valence-electron chi connectivity index (χ1n) is 15.7. The van der Waals surface area contributed by atoms with Crippen LogP contribution in [-0.4, -0.2) is 79.9 Å². The van der Waals surface area contributed by atoms with E-state index >= 15 is 0 Å². The highest BCUT2D eigenvalue weighted by atomic mass is 32.1. The summed E-state index contributed by atoms with van der Waals surface area (Å²) in [7, 11) is 0. The van der Waals surface area contributed by atoms with E-state index in [1.165, 1.54) is 33.8 Å². The topological polar surface area (TPSA) is 142 Å². The molecule has 1 aliphatic carbocycles. The van der Waals surface area contributed by atoms with Gasteiger partial charge in [0, 0.05) is 24.2 Å². The molecule has 2 saturated heterocycles. The molecule has 12 nitrogen and oxygen atoms in total. The number of hydrogen-bond donors (Lipinski definition) is 2. The van der Waals surface area contributed by atoms with Gasteiger partial charge in [-0.3, -0.25) is 9.59 Å². The van der Waals surface area contributed by atoms with Gasteiger partial charge >= 0.3 is 0 Å². The predicted molar refractivity (Wildman–Crippen MR) is 176 cm³/mol. The van der Waals surface area contributed by atoms with E-state index in [-0.39, 0.29) is 49.6 Å². The molecule has 3 aliphatic rings. The number of carbonyl (C=O) groups excluding carboxylic acids is 2. The van der Waals surface area contributed by atoms with Crippen LogP contribution in [0.2, 0.25) is 0 Å². The number of hydrogen-bond acceptors (Lipinski definition) is 12. The van der Waals surface area contributed by atoms with Crippen LogP contribution in [0, 0.1) is 0 Å². The smallest absolute Gasteiger partial charge is 0.282 e. The number of rotatable bonds is 10. The lowest BCUT2D eigenvalue weighted by Crippen LogP contribution is -2.57. The number of anilines is 4. The van der Waals surface area contributed by atoms with Crippen LogP contribution in [0.4, 0.5) is 35.1 Å². The summed E-state index contributed by atoms with van der Waals surface area (Å²) in [6.45, 7) is 1.50. The molecule has 7 rings (SSSR count). The number of alkyl halides is 3. The molecule has 2 aliphatic heterocycles. The Bertz CT molecular complexity index is 1640. The summed E-state index contributed by atoms with van der Waals surface area (Å²) in [5.41, 5.74) is 0.230. The Hall–Kier alpha value is -4.25. The molecule has 17 heteroatoms. The van der Waals surface area contributed by atoms with E-state index in [1.807, 2.05) is 11.0 Å². The molecule has 48 heavy (non-hydrogen) atoms. The van der Waals surface area contributed by atoms with Crippen LogP contribution in [-0.2, 0) is 22.4 Å². The number of nitrogens with zero attached hydrogens (tertiary/aromatic N) is 8. The lowest BCUT2D eigenvalue weighted by molar-refractivity contribution is -0.116. The standard InChI is InChI=1S/C31H33F3N10O2S2/c1-30(32)14-43(15-30)22-7-5-18(12-35-22)9-24(45)37-28-41-39-26(47-28)20-3-2-4-21(11-20)27-40-42-29(48-27)38-25(46)10-19-6-8-23(36-13-19)44-16-31(33,34)17-44/h5-8,12-13,20-21H,2-4,9-11,14-17H2,1H3,(H,37,41,45)(H,38,42,46)/t20-,21-/m0/s1. The van der Waals surface area contributed by atoms with E-state index < -0.39 is 11.6 Å². The molecular weight excluding hydrogens is 666 g/mol. The summed E-state index contributed by atoms with van der Waals surface area (Å²) in [5.74, 6) is -1.68. The van der Waals surface area contributed by atoms with Gasteiger partial charge in [-0.1, -0.05) is 41.2 Å². The summed E-state index contributed by atoms with van der Waals surface area (Å²) in [4.78, 5) is 37.3. The van der Waals surface area contributed by atoms with Gasteiger partial charge < -0.3 is 20.4 Å². The van der Waals surface area contributed by atoms with Gasteiger partial charge in [0.15, 0.2) is 0 Å². The van der Waals surface area contributed by atoms with Gasteiger partial charge in [0.1, 0.15) is 27.3 Å². The molecule has 2 atom stereocenters. The molecule has 3 fully saturated rings. The fourth-order valence-electron chi connectivity index (χ4n) is 6.24. The van der Waals surface area contributed by atoms with Crippen LogP contribution >= 0.6 is 22.7 Å². The summed E-state index contributed by atoms with van der Waals surface area (Å²) >= 11 is 2.72. The molecule has 4 aromatic heterocycles. The second-order valence-electron chi connectivity index (χ2n) is 12.9. The van der Waals surface area contributed by atoms with Crippen LogP contribution < -0.4 is 20.4 Å². The minimum Gasteiger partial charge on any atom is -0.350 e. The summed E-state index contributed by atoms with van der Waals surface area (Å²) in [6.07, 6.45) is 7.05. The van der Waals surface area contributed by atoms with Crippen molar-refractivity contribution in [2.45, 2.75) is 68.9 Å². The lowest BCUT2D eigenvalue weighted by atomic mass is 9.82. The lowest BCUT2D eigenvalue weighted by Gasteiger charge is -2.42. The van der Waals surface area contributed by atoms with Crippen molar-refractivity contribution >= 4 is 56.4 Å². The number of halogens is 3. The van der Waals surface area contributed by atoms with Crippen molar-refractivity contribution in [2.24, 2.45) is 0 Å². The second-order valence-corrected chi connectivity index (χ2v) is 15.0. The van der Waals surface area contributed by atoms with E-state index in [9.17, 15) is 22.8 Å². The first kappa shape index (κ1) is 32.3. The van der Waals surface area contributed by atoms with Crippen molar-refractivity contribution in [1.82, 2.24) is 30.4 Å². The summed E-state index contributed by atoms with van der Waals surface area (Å²) in [5, 5.41) is 25.3. The Balaban J connectivity index is 0.876. The average molecular weight is 699 g/mol. The summed E-state index contributed by atoms with van der Waals surface area (Å²) in [6, 6.07) is 6.99. The zero-order chi connectivity index (χ0) is 33.5. The molecule has 1 saturated carbocycles. The van der Waals surface area contributed by atoms with Crippen LogP contribution in [0.5, 0.6) is 0 Å². The highest BCUT2D eigenvalue weighted by Gasteiger charge is 2.44. The third-order valence-electron chi connectivity index (χ3n) is 8.63. The third-order valence-corrected chi connectivity index (χ3v) is 10.6. The van der Waals surface area contributed by atoms with Crippen molar-refractivity contribution in [3.05, 3.63) is 57.8 Å². The van der Waals surface area contributed by atoms with E-state index in [4.69, 9.17) is 0 Å². The minimum atomic E-state index is -2.67. The molecule has 2 amide bonds. The van der Waals surface area contributed by atoms with Crippen molar-refractivity contribution in [1.29, 1.82) is 0 Å². The quantitative estimate of drug-likeness (QED) is 0.233. The average Bonchev–Trinajstić information content (AvgIpc) is 3.69. The minimum absolute atomic E-state index is 0.0723. The third kappa shape index (κ3) is 7.56. The molecule has 0 unspecified atom stereocenters. The van der Waals surface area contributed by atoms with Crippen LogP contribution in [0.1, 0.15) is 65.6 Å². The van der Waals surface area contributed by atoms with Crippen LogP contribution in [0.3, 0.4) is 0 Å². The van der Waals surface area contributed by atoms with Gasteiger partial charge in [-0.2, -0.15) is 0 Å². The zero-order valence-electron chi connectivity index (χ0n) is 26.0. The van der Waals surface area contributed by atoms with Gasteiger partial charge in [-0.25, -0.2) is 23.1 Å². The first-order chi connectivity index (χ1) is 23.0. The highest BCUT2D eigenvalue weighted by molar-refractivity contribution is 7.15. The van der Waals surface area contributed by atoms with E-state index in [0.717, 1.165) is 41.3 Å². The van der Waals surface area contributed by atoms with Gasteiger partial charge in [0.2, 0.25) is 22.1 Å². The molecule has 252 valence electrons. The number of pyridine rings is 2. The number of amides is 2. The molecule has 6 heterocycles. The maximum Gasteiger partial charge on any atom is 0.282 e. The number of carbonyl (C=O) groups is 2. The second kappa shape index (κ2) is 13.0. The highest BCUT2D eigenvalue weighted by Crippen LogP contribution is 2.43. The Labute approximate surface area is 282 Å². The van der Waals surface area contributed by atoms with E-state index in [2.05, 4.69) is 41.0 Å². The predicted octanol–water partition coefficient (Wildman–Crippen LogP) is 4.99. The molecule has 2 N–H and O–H groups in total. The fourth-order valence-corrected chi connectivity index (χ4v) is 8.05. The Kier molecular flexibility index (Phi) is 8.74. The normalized spacial score (nSPS) is 21.2. The molecule has 0 bridgehead atoms. The molecule has 4 aromatic rings. The van der Waals surface area contributed by atoms with Gasteiger partial charge in [-0.15, -0.1) is 20.4 Å². The molecule has 0 aromatic carbocycles.